The third-order valence-electron chi connectivity index (χ3n) is 3.67. The summed E-state index contributed by atoms with van der Waals surface area (Å²) in [6, 6.07) is 0. The van der Waals surface area contributed by atoms with E-state index in [1.165, 1.54) is 6.92 Å². The van der Waals surface area contributed by atoms with Gasteiger partial charge in [0.25, 0.3) is 0 Å². The highest BCUT2D eigenvalue weighted by Crippen LogP contribution is 2.30. The summed E-state index contributed by atoms with van der Waals surface area (Å²) in [5, 5.41) is 9.64. The number of hydrogen-bond donors (Lipinski definition) is 2. The Bertz CT molecular complexity index is 596. The molecule has 0 aromatic heterocycles. The van der Waals surface area contributed by atoms with E-state index in [-0.39, 0.29) is 19.8 Å². The topological polar surface area (TPSA) is 170 Å². The fourth-order valence-electron chi connectivity index (χ4n) is 2.60. The van der Waals surface area contributed by atoms with E-state index in [2.05, 4.69) is 0 Å². The Morgan fingerprint density at radius 1 is 0.897 bits per heavy atom. The van der Waals surface area contributed by atoms with Gasteiger partial charge in [-0.05, 0) is 0 Å². The van der Waals surface area contributed by atoms with Crippen LogP contribution in [0.3, 0.4) is 0 Å². The largest absolute Gasteiger partial charge is 0.463 e. The van der Waals surface area contributed by atoms with Gasteiger partial charge in [0.05, 0.1) is 12.7 Å². The van der Waals surface area contributed by atoms with Gasteiger partial charge in [-0.2, -0.15) is 0 Å². The van der Waals surface area contributed by atoms with Crippen molar-refractivity contribution in [1.29, 1.82) is 0 Å². The smallest absolute Gasteiger partial charge is 0.303 e. The zero-order chi connectivity index (χ0) is 22.1. The molecule has 0 bridgehead atoms. The lowest BCUT2D eigenvalue weighted by atomic mass is 9.98. The fourth-order valence-corrected chi connectivity index (χ4v) is 2.60. The number of rotatable bonds is 9. The van der Waals surface area contributed by atoms with E-state index in [1.54, 1.807) is 0 Å². The van der Waals surface area contributed by atoms with Gasteiger partial charge in [0, 0.05) is 34.2 Å². The van der Waals surface area contributed by atoms with E-state index < -0.39 is 60.7 Å². The van der Waals surface area contributed by atoms with E-state index in [0.29, 0.717) is 0 Å². The lowest BCUT2D eigenvalue weighted by Gasteiger charge is -2.44. The van der Waals surface area contributed by atoms with Gasteiger partial charge in [0.2, 0.25) is 0 Å². The minimum Gasteiger partial charge on any atom is -0.463 e. The first-order valence-corrected chi connectivity index (χ1v) is 8.85. The van der Waals surface area contributed by atoms with Crippen molar-refractivity contribution in [1.82, 2.24) is 0 Å². The number of nitrogens with two attached hydrogens (primary N) is 1. The molecule has 0 spiro atoms. The van der Waals surface area contributed by atoms with Gasteiger partial charge < -0.3 is 39.3 Å². The van der Waals surface area contributed by atoms with Crippen LogP contribution in [0.25, 0.3) is 0 Å². The summed E-state index contributed by atoms with van der Waals surface area (Å²) in [6.07, 6.45) is -7.41. The summed E-state index contributed by atoms with van der Waals surface area (Å²) < 4.78 is 31.7. The highest BCUT2D eigenvalue weighted by molar-refractivity contribution is 5.68. The predicted molar refractivity (Wildman–Crippen MR) is 93.0 cm³/mol. The Labute approximate surface area is 167 Å². The van der Waals surface area contributed by atoms with Gasteiger partial charge in [0.1, 0.15) is 12.7 Å². The molecule has 1 saturated heterocycles. The molecule has 1 rings (SSSR count). The number of aliphatic hydroxyl groups excluding tert-OH is 1. The highest BCUT2D eigenvalue weighted by Gasteiger charge is 2.52. The summed E-state index contributed by atoms with van der Waals surface area (Å²) in [7, 11) is 0. The standard InChI is InChI=1S/C17H27NO11/c1-8(19)24-7-13-14(26-9(2)20)15(27-10(3)21)16(28-11(4)22)17(29-13)25-6-12(23)5-18/h12-17,23H,5-7,18H2,1-4H3/t12?,13-,14+,15+,16-,17+/m1/s1. The minimum absolute atomic E-state index is 0.106. The number of carbonyl (C=O) groups is 4. The summed E-state index contributed by atoms with van der Waals surface area (Å²) in [5.41, 5.74) is 5.34. The van der Waals surface area contributed by atoms with Crippen LogP contribution < -0.4 is 5.73 Å². The second-order valence-corrected chi connectivity index (χ2v) is 6.29. The molecule has 0 aromatic carbocycles. The van der Waals surface area contributed by atoms with Gasteiger partial charge in [-0.1, -0.05) is 0 Å². The molecule has 1 unspecified atom stereocenters. The third kappa shape index (κ3) is 8.31. The maximum absolute atomic E-state index is 11.6. The zero-order valence-electron chi connectivity index (χ0n) is 16.7. The number of esters is 4. The van der Waals surface area contributed by atoms with Crippen LogP contribution in [-0.4, -0.2) is 85.6 Å². The molecular formula is C17H27NO11. The molecule has 0 saturated carbocycles. The highest BCUT2D eigenvalue weighted by atomic mass is 16.7. The van der Waals surface area contributed by atoms with Crippen molar-refractivity contribution < 1.29 is 52.7 Å². The lowest BCUT2D eigenvalue weighted by Crippen LogP contribution is -2.63. The van der Waals surface area contributed by atoms with Crippen LogP contribution in [0.4, 0.5) is 0 Å². The van der Waals surface area contributed by atoms with Crippen molar-refractivity contribution in [3.63, 3.8) is 0 Å². The van der Waals surface area contributed by atoms with Crippen LogP contribution in [0.15, 0.2) is 0 Å². The molecule has 12 nitrogen and oxygen atoms in total. The summed E-state index contributed by atoms with van der Waals surface area (Å²) in [6.45, 7) is 3.75. The quantitative estimate of drug-likeness (QED) is 0.323. The second kappa shape index (κ2) is 11.7. The van der Waals surface area contributed by atoms with Crippen LogP contribution in [0.2, 0.25) is 0 Å². The number of hydrogen-bond acceptors (Lipinski definition) is 12. The molecule has 3 N–H and O–H groups in total. The van der Waals surface area contributed by atoms with Crippen LogP contribution in [0.1, 0.15) is 27.7 Å². The minimum atomic E-state index is -1.34. The molecule has 12 heteroatoms. The Balaban J connectivity index is 3.24. The van der Waals surface area contributed by atoms with Gasteiger partial charge in [-0.3, -0.25) is 19.2 Å². The van der Waals surface area contributed by atoms with E-state index >= 15 is 0 Å². The number of carbonyl (C=O) groups excluding carboxylic acids is 4. The Kier molecular flexibility index (Phi) is 9.95. The van der Waals surface area contributed by atoms with Gasteiger partial charge in [-0.15, -0.1) is 0 Å². The van der Waals surface area contributed by atoms with Crippen molar-refractivity contribution in [3.8, 4) is 0 Å². The van der Waals surface area contributed by atoms with Crippen LogP contribution in [0, 0.1) is 0 Å². The normalized spacial score (nSPS) is 27.4. The van der Waals surface area contributed by atoms with E-state index in [1.807, 2.05) is 0 Å². The molecular weight excluding hydrogens is 394 g/mol. The zero-order valence-corrected chi connectivity index (χ0v) is 16.7. The van der Waals surface area contributed by atoms with Crippen molar-refractivity contribution in [3.05, 3.63) is 0 Å². The molecule has 29 heavy (non-hydrogen) atoms. The van der Waals surface area contributed by atoms with Crippen molar-refractivity contribution in [2.24, 2.45) is 5.73 Å². The molecule has 6 atom stereocenters. The van der Waals surface area contributed by atoms with E-state index in [4.69, 9.17) is 34.2 Å². The van der Waals surface area contributed by atoms with E-state index in [0.717, 1.165) is 20.8 Å². The summed E-state index contributed by atoms with van der Waals surface area (Å²) >= 11 is 0. The maximum Gasteiger partial charge on any atom is 0.303 e. The van der Waals surface area contributed by atoms with Gasteiger partial charge in [-0.25, -0.2) is 0 Å². The summed E-state index contributed by atoms with van der Waals surface area (Å²) in [4.78, 5) is 46.0. The Morgan fingerprint density at radius 2 is 1.41 bits per heavy atom. The molecule has 1 heterocycles. The SMILES string of the molecule is CC(=O)OC[C@H]1O[C@H](OCC(O)CN)[C@H](OC(C)=O)[C@@H](OC(C)=O)[C@H]1OC(C)=O. The third-order valence-corrected chi connectivity index (χ3v) is 3.67. The molecule has 1 aliphatic rings. The first-order valence-electron chi connectivity index (χ1n) is 8.85. The lowest BCUT2D eigenvalue weighted by molar-refractivity contribution is -0.310. The molecule has 0 radical (unpaired) electrons. The van der Waals surface area contributed by atoms with Crippen molar-refractivity contribution >= 4 is 23.9 Å². The van der Waals surface area contributed by atoms with Crippen LogP contribution in [0.5, 0.6) is 0 Å². The molecule has 166 valence electrons. The second-order valence-electron chi connectivity index (χ2n) is 6.29. The average molecular weight is 421 g/mol. The Hall–Kier alpha value is -2.28. The predicted octanol–water partition coefficient (Wildman–Crippen LogP) is -1.59. The molecule has 0 aromatic rings. The molecule has 0 aliphatic carbocycles. The number of aliphatic hydroxyl groups is 1. The molecule has 0 amide bonds. The molecule has 1 aliphatic heterocycles. The van der Waals surface area contributed by atoms with Gasteiger partial charge in [0.15, 0.2) is 24.6 Å². The first-order chi connectivity index (χ1) is 13.5. The monoisotopic (exact) mass is 421 g/mol. The van der Waals surface area contributed by atoms with Crippen molar-refractivity contribution in [2.45, 2.75) is 64.5 Å². The van der Waals surface area contributed by atoms with Gasteiger partial charge >= 0.3 is 23.9 Å². The fraction of sp³-hybridized carbons (Fsp3) is 0.765. The van der Waals surface area contributed by atoms with E-state index in [9.17, 15) is 24.3 Å². The Morgan fingerprint density at radius 3 is 1.90 bits per heavy atom. The molecule has 1 fully saturated rings. The maximum atomic E-state index is 11.6. The van der Waals surface area contributed by atoms with Crippen LogP contribution in [-0.2, 0) is 47.6 Å². The number of ether oxygens (including phenoxy) is 6. The van der Waals surface area contributed by atoms with Crippen LogP contribution >= 0.6 is 0 Å². The average Bonchev–Trinajstić information content (AvgIpc) is 2.60. The summed E-state index contributed by atoms with van der Waals surface area (Å²) in [5.74, 6) is -2.86. The van der Waals surface area contributed by atoms with Crippen molar-refractivity contribution in [2.75, 3.05) is 19.8 Å². The first kappa shape index (κ1) is 24.8.